The molecule has 1 aromatic heterocycles. The zero-order valence-corrected chi connectivity index (χ0v) is 13.9. The number of aryl methyl sites for hydroxylation is 1. The van der Waals surface area contributed by atoms with Crippen LogP contribution in [0.5, 0.6) is 0 Å². The van der Waals surface area contributed by atoms with Crippen LogP contribution in [-0.4, -0.2) is 15.8 Å². The summed E-state index contributed by atoms with van der Waals surface area (Å²) in [5, 5.41) is 14.5. The van der Waals surface area contributed by atoms with Crippen LogP contribution in [0.15, 0.2) is 18.2 Å². The number of benzene rings is 1. The van der Waals surface area contributed by atoms with E-state index in [0.717, 1.165) is 25.0 Å². The maximum absolute atomic E-state index is 12.4. The smallest absolute Gasteiger partial charge is 0.282 e. The number of hydrogen-bond acceptors (Lipinski definition) is 5. The Morgan fingerprint density at radius 1 is 1.52 bits per heavy atom. The first kappa shape index (κ1) is 15.9. The second kappa shape index (κ2) is 6.25. The number of nitro benzene ring substituents is 1. The molecular formula is C15H14ClN3O3S. The lowest BCUT2D eigenvalue weighted by molar-refractivity contribution is -0.385. The van der Waals surface area contributed by atoms with Crippen molar-refractivity contribution in [3.63, 3.8) is 0 Å². The summed E-state index contributed by atoms with van der Waals surface area (Å²) in [5.41, 5.74) is 0.676. The van der Waals surface area contributed by atoms with Gasteiger partial charge in [0.15, 0.2) is 5.13 Å². The molecule has 0 fully saturated rings. The Kier molecular flexibility index (Phi) is 4.32. The van der Waals surface area contributed by atoms with Gasteiger partial charge in [-0.25, -0.2) is 4.98 Å². The number of carbonyl (C=O) groups is 1. The van der Waals surface area contributed by atoms with Crippen molar-refractivity contribution < 1.29 is 9.72 Å². The molecule has 0 saturated heterocycles. The van der Waals surface area contributed by atoms with Crippen LogP contribution >= 0.6 is 22.9 Å². The largest absolute Gasteiger partial charge is 0.298 e. The van der Waals surface area contributed by atoms with Crippen LogP contribution < -0.4 is 5.32 Å². The quantitative estimate of drug-likeness (QED) is 0.666. The topological polar surface area (TPSA) is 85.1 Å². The summed E-state index contributed by atoms with van der Waals surface area (Å²) in [6.07, 6.45) is 2.95. The highest BCUT2D eigenvalue weighted by Gasteiger charge is 2.24. The third-order valence-corrected chi connectivity index (χ3v) is 5.08. The van der Waals surface area contributed by atoms with Crippen LogP contribution in [0.25, 0.3) is 0 Å². The summed E-state index contributed by atoms with van der Waals surface area (Å²) in [4.78, 5) is 28.4. The Labute approximate surface area is 141 Å². The van der Waals surface area contributed by atoms with Crippen LogP contribution in [0.3, 0.4) is 0 Å². The molecule has 1 aromatic carbocycles. The molecule has 1 aliphatic carbocycles. The number of nitrogens with one attached hydrogen (secondary N) is 1. The van der Waals surface area contributed by atoms with Gasteiger partial charge in [0.05, 0.1) is 10.6 Å². The highest BCUT2D eigenvalue weighted by atomic mass is 35.5. The van der Waals surface area contributed by atoms with Gasteiger partial charge in [-0.15, -0.1) is 11.3 Å². The van der Waals surface area contributed by atoms with E-state index in [9.17, 15) is 14.9 Å². The number of nitro groups is 1. The first-order valence-corrected chi connectivity index (χ1v) is 8.37. The fraction of sp³-hybridized carbons (Fsp3) is 0.333. The minimum absolute atomic E-state index is 0.0657. The third-order valence-electron chi connectivity index (χ3n) is 3.81. The molecule has 0 aliphatic heterocycles. The van der Waals surface area contributed by atoms with Crippen molar-refractivity contribution >= 4 is 39.7 Å². The Morgan fingerprint density at radius 2 is 2.30 bits per heavy atom. The van der Waals surface area contributed by atoms with Crippen molar-refractivity contribution in [1.82, 2.24) is 4.98 Å². The lowest BCUT2D eigenvalue weighted by atomic mass is 9.93. The number of halogens is 1. The van der Waals surface area contributed by atoms with Gasteiger partial charge in [0, 0.05) is 16.0 Å². The number of aromatic nitrogens is 1. The van der Waals surface area contributed by atoms with Crippen LogP contribution in [0, 0.1) is 16.0 Å². The van der Waals surface area contributed by atoms with Crippen LogP contribution in [0.1, 0.15) is 34.3 Å². The van der Waals surface area contributed by atoms with Gasteiger partial charge in [-0.2, -0.15) is 0 Å². The summed E-state index contributed by atoms with van der Waals surface area (Å²) in [7, 11) is 0. The number of carbonyl (C=O) groups excluding carboxylic acids is 1. The van der Waals surface area contributed by atoms with E-state index in [2.05, 4.69) is 17.2 Å². The molecular weight excluding hydrogens is 338 g/mol. The van der Waals surface area contributed by atoms with Crippen molar-refractivity contribution in [1.29, 1.82) is 0 Å². The first-order valence-electron chi connectivity index (χ1n) is 7.18. The molecule has 0 bridgehead atoms. The molecule has 8 heteroatoms. The molecule has 1 atom stereocenters. The van der Waals surface area contributed by atoms with Crippen LogP contribution in [0.2, 0.25) is 5.02 Å². The fourth-order valence-electron chi connectivity index (χ4n) is 2.61. The van der Waals surface area contributed by atoms with E-state index < -0.39 is 10.8 Å². The molecule has 120 valence electrons. The van der Waals surface area contributed by atoms with E-state index in [1.165, 1.54) is 34.4 Å². The predicted octanol–water partition coefficient (Wildman–Crippen LogP) is 4.08. The maximum Gasteiger partial charge on any atom is 0.282 e. The molecule has 1 amide bonds. The Bertz CT molecular complexity index is 790. The molecule has 6 nitrogen and oxygen atoms in total. The summed E-state index contributed by atoms with van der Waals surface area (Å²) in [6, 6.07) is 3.91. The van der Waals surface area contributed by atoms with Crippen molar-refractivity contribution in [2.45, 2.75) is 26.2 Å². The van der Waals surface area contributed by atoms with Gasteiger partial charge in [0.2, 0.25) is 0 Å². The van der Waals surface area contributed by atoms with Crippen LogP contribution in [-0.2, 0) is 12.8 Å². The van der Waals surface area contributed by atoms with Gasteiger partial charge in [-0.05, 0) is 37.3 Å². The summed E-state index contributed by atoms with van der Waals surface area (Å²) >= 11 is 7.29. The summed E-state index contributed by atoms with van der Waals surface area (Å²) in [6.45, 7) is 2.19. The maximum atomic E-state index is 12.4. The normalized spacial score (nSPS) is 16.7. The van der Waals surface area contributed by atoms with E-state index in [0.29, 0.717) is 11.0 Å². The Morgan fingerprint density at radius 3 is 3.04 bits per heavy atom. The number of nitrogens with zero attached hydrogens (tertiary/aromatic N) is 2. The fourth-order valence-corrected chi connectivity index (χ4v) is 3.95. The van der Waals surface area contributed by atoms with Gasteiger partial charge in [0.25, 0.3) is 11.6 Å². The minimum Gasteiger partial charge on any atom is -0.298 e. The Hall–Kier alpha value is -1.99. The van der Waals surface area contributed by atoms with Gasteiger partial charge in [-0.1, -0.05) is 18.5 Å². The van der Waals surface area contributed by atoms with Crippen molar-refractivity contribution in [3.8, 4) is 0 Å². The number of fused-ring (bicyclic) bond motifs is 1. The van der Waals surface area contributed by atoms with E-state index >= 15 is 0 Å². The molecule has 3 rings (SSSR count). The van der Waals surface area contributed by atoms with Crippen LogP contribution in [0.4, 0.5) is 10.8 Å². The van der Waals surface area contributed by atoms with E-state index in [4.69, 9.17) is 11.6 Å². The predicted molar refractivity (Wildman–Crippen MR) is 89.4 cm³/mol. The minimum atomic E-state index is -0.597. The SMILES string of the molecule is CC1CCc2nc(NC(=O)c3cc(Cl)ccc3[N+](=O)[O-])sc2C1. The van der Waals surface area contributed by atoms with Gasteiger partial charge in [0.1, 0.15) is 5.56 Å². The molecule has 1 N–H and O–H groups in total. The standard InChI is InChI=1S/C15H14ClN3O3S/c1-8-2-4-11-13(6-8)23-15(17-11)18-14(20)10-7-9(16)3-5-12(10)19(21)22/h3,5,7-8H,2,4,6H2,1H3,(H,17,18,20). The average molecular weight is 352 g/mol. The number of rotatable bonds is 3. The molecule has 2 aromatic rings. The van der Waals surface area contributed by atoms with Gasteiger partial charge < -0.3 is 0 Å². The van der Waals surface area contributed by atoms with Gasteiger partial charge >= 0.3 is 0 Å². The Balaban J connectivity index is 1.85. The number of thiazole rings is 1. The van der Waals surface area contributed by atoms with E-state index in [1.807, 2.05) is 0 Å². The van der Waals surface area contributed by atoms with E-state index in [1.54, 1.807) is 0 Å². The monoisotopic (exact) mass is 351 g/mol. The number of hydrogen-bond donors (Lipinski definition) is 1. The molecule has 0 radical (unpaired) electrons. The second-order valence-corrected chi connectivity index (χ2v) is 7.13. The van der Waals surface area contributed by atoms with Crippen molar-refractivity contribution in [2.75, 3.05) is 5.32 Å². The lowest BCUT2D eigenvalue weighted by Crippen LogP contribution is -2.14. The zero-order valence-electron chi connectivity index (χ0n) is 12.3. The summed E-state index contributed by atoms with van der Waals surface area (Å²) < 4.78 is 0. The molecule has 0 saturated carbocycles. The first-order chi connectivity index (χ1) is 10.9. The molecule has 1 aliphatic rings. The molecule has 23 heavy (non-hydrogen) atoms. The highest BCUT2D eigenvalue weighted by Crippen LogP contribution is 2.32. The lowest BCUT2D eigenvalue weighted by Gasteiger charge is -2.15. The highest BCUT2D eigenvalue weighted by molar-refractivity contribution is 7.15. The van der Waals surface area contributed by atoms with E-state index in [-0.39, 0.29) is 16.3 Å². The van der Waals surface area contributed by atoms with Crippen molar-refractivity contribution in [2.24, 2.45) is 5.92 Å². The zero-order chi connectivity index (χ0) is 16.6. The molecule has 1 heterocycles. The number of anilines is 1. The summed E-state index contributed by atoms with van der Waals surface area (Å²) in [5.74, 6) is 0.0406. The molecule has 1 unspecified atom stereocenters. The number of amides is 1. The second-order valence-electron chi connectivity index (χ2n) is 5.61. The average Bonchev–Trinajstić information content (AvgIpc) is 2.88. The van der Waals surface area contributed by atoms with Crippen molar-refractivity contribution in [3.05, 3.63) is 49.5 Å². The third kappa shape index (κ3) is 3.35. The molecule has 0 spiro atoms. The van der Waals surface area contributed by atoms with Gasteiger partial charge in [-0.3, -0.25) is 20.2 Å².